The Labute approximate surface area is 147 Å². The van der Waals surface area contributed by atoms with Crippen molar-refractivity contribution in [3.05, 3.63) is 65.2 Å². The molecule has 2 amide bonds. The van der Waals surface area contributed by atoms with Gasteiger partial charge in [-0.3, -0.25) is 0 Å². The van der Waals surface area contributed by atoms with E-state index in [4.69, 9.17) is 10.00 Å². The first-order valence-electron chi connectivity index (χ1n) is 8.28. The van der Waals surface area contributed by atoms with Crippen LogP contribution in [0.5, 0.6) is 5.75 Å². The predicted molar refractivity (Wildman–Crippen MR) is 95.0 cm³/mol. The van der Waals surface area contributed by atoms with Gasteiger partial charge in [0.2, 0.25) is 0 Å². The summed E-state index contributed by atoms with van der Waals surface area (Å²) in [6.07, 6.45) is 0.633. The first-order chi connectivity index (χ1) is 12.0. The van der Waals surface area contributed by atoms with Crippen molar-refractivity contribution < 1.29 is 9.53 Å². The maximum Gasteiger partial charge on any atom is 0.315 e. The Balaban J connectivity index is 1.73. The predicted octanol–water partition coefficient (Wildman–Crippen LogP) is 3.66. The summed E-state index contributed by atoms with van der Waals surface area (Å²) in [5.41, 5.74) is 2.04. The van der Waals surface area contributed by atoms with Crippen LogP contribution in [0.2, 0.25) is 0 Å². The lowest BCUT2D eigenvalue weighted by molar-refractivity contribution is 0.0678. The van der Waals surface area contributed by atoms with Crippen LogP contribution in [0.3, 0.4) is 0 Å². The first-order valence-corrected chi connectivity index (χ1v) is 8.28. The summed E-state index contributed by atoms with van der Waals surface area (Å²) >= 11 is 0. The molecular weight excluding hydrogens is 314 g/mol. The molecule has 1 aliphatic heterocycles. The largest absolute Gasteiger partial charge is 0.487 e. The number of hydrogen-bond acceptors (Lipinski definition) is 3. The van der Waals surface area contributed by atoms with Crippen LogP contribution in [0.25, 0.3) is 0 Å². The van der Waals surface area contributed by atoms with Gasteiger partial charge in [0.15, 0.2) is 0 Å². The van der Waals surface area contributed by atoms with Crippen molar-refractivity contribution in [3.8, 4) is 11.8 Å². The van der Waals surface area contributed by atoms with E-state index >= 15 is 0 Å². The Morgan fingerprint density at radius 1 is 1.28 bits per heavy atom. The molecule has 1 aliphatic rings. The van der Waals surface area contributed by atoms with Gasteiger partial charge in [0.1, 0.15) is 11.4 Å². The van der Waals surface area contributed by atoms with E-state index in [-0.39, 0.29) is 12.1 Å². The van der Waals surface area contributed by atoms with Crippen LogP contribution in [-0.4, -0.2) is 11.6 Å². The van der Waals surface area contributed by atoms with E-state index in [1.165, 1.54) is 0 Å². The zero-order chi connectivity index (χ0) is 17.9. The van der Waals surface area contributed by atoms with E-state index < -0.39 is 5.60 Å². The van der Waals surface area contributed by atoms with Gasteiger partial charge in [0.05, 0.1) is 17.7 Å². The molecule has 2 aromatic carbocycles. The Morgan fingerprint density at radius 3 is 2.76 bits per heavy atom. The number of benzene rings is 2. The highest BCUT2D eigenvalue weighted by Crippen LogP contribution is 2.39. The Bertz CT molecular complexity index is 809. The van der Waals surface area contributed by atoms with Crippen LogP contribution in [0.1, 0.15) is 43.0 Å². The fraction of sp³-hybridized carbons (Fsp3) is 0.300. The molecule has 5 nitrogen and oxygen atoms in total. The molecule has 1 heterocycles. The van der Waals surface area contributed by atoms with Crippen LogP contribution in [-0.2, 0) is 6.54 Å². The minimum absolute atomic E-state index is 0.206. The first kappa shape index (κ1) is 16.8. The monoisotopic (exact) mass is 335 g/mol. The molecular formula is C20H21N3O2. The average molecular weight is 335 g/mol. The van der Waals surface area contributed by atoms with Crippen LogP contribution in [0.4, 0.5) is 4.79 Å². The molecule has 0 radical (unpaired) electrons. The fourth-order valence-electron chi connectivity index (χ4n) is 3.04. The third kappa shape index (κ3) is 4.10. The van der Waals surface area contributed by atoms with Crippen LogP contribution >= 0.6 is 0 Å². The summed E-state index contributed by atoms with van der Waals surface area (Å²) in [4.78, 5) is 12.3. The number of carbonyl (C=O) groups excluding carboxylic acids is 1. The summed E-state index contributed by atoms with van der Waals surface area (Å²) in [7, 11) is 0. The molecule has 0 fully saturated rings. The van der Waals surface area contributed by atoms with Crippen molar-refractivity contribution in [3.63, 3.8) is 0 Å². The standard InChI is InChI=1S/C20H21N3O2/c1-20(2)11-17(16-10-15(12-21)8-9-18(16)25-20)23-19(24)22-13-14-6-4-3-5-7-14/h3-10,17H,11,13H2,1-2H3,(H2,22,23,24). The minimum atomic E-state index is -0.390. The van der Waals surface area contributed by atoms with Crippen molar-refractivity contribution in [2.24, 2.45) is 0 Å². The van der Waals surface area contributed by atoms with Gasteiger partial charge in [0, 0.05) is 18.5 Å². The average Bonchev–Trinajstić information content (AvgIpc) is 2.60. The van der Waals surface area contributed by atoms with E-state index in [0.717, 1.165) is 11.1 Å². The molecule has 25 heavy (non-hydrogen) atoms. The molecule has 0 aromatic heterocycles. The highest BCUT2D eigenvalue weighted by Gasteiger charge is 2.34. The van der Waals surface area contributed by atoms with Gasteiger partial charge in [-0.2, -0.15) is 5.26 Å². The zero-order valence-corrected chi connectivity index (χ0v) is 14.4. The number of nitrogens with one attached hydrogen (secondary N) is 2. The number of nitriles is 1. The summed E-state index contributed by atoms with van der Waals surface area (Å²) in [5, 5.41) is 15.0. The summed E-state index contributed by atoms with van der Waals surface area (Å²) < 4.78 is 5.98. The van der Waals surface area contributed by atoms with E-state index in [1.54, 1.807) is 18.2 Å². The van der Waals surface area contributed by atoms with Crippen molar-refractivity contribution >= 4 is 6.03 Å². The maximum atomic E-state index is 12.3. The highest BCUT2D eigenvalue weighted by atomic mass is 16.5. The van der Waals surface area contributed by atoms with Crippen LogP contribution in [0, 0.1) is 11.3 Å². The summed E-state index contributed by atoms with van der Waals surface area (Å²) in [6, 6.07) is 16.8. The summed E-state index contributed by atoms with van der Waals surface area (Å²) in [6.45, 7) is 4.44. The molecule has 0 aliphatic carbocycles. The molecule has 0 saturated carbocycles. The number of rotatable bonds is 3. The zero-order valence-electron chi connectivity index (χ0n) is 14.4. The number of ether oxygens (including phenoxy) is 1. The van der Waals surface area contributed by atoms with Crippen LogP contribution < -0.4 is 15.4 Å². The molecule has 5 heteroatoms. The second kappa shape index (κ2) is 6.86. The third-order valence-corrected chi connectivity index (χ3v) is 4.20. The molecule has 0 bridgehead atoms. The van der Waals surface area contributed by atoms with Crippen LogP contribution in [0.15, 0.2) is 48.5 Å². The Kier molecular flexibility index (Phi) is 4.62. The lowest BCUT2D eigenvalue weighted by Gasteiger charge is -2.38. The number of fused-ring (bicyclic) bond motifs is 1. The van der Waals surface area contributed by atoms with Gasteiger partial charge >= 0.3 is 6.03 Å². The SMILES string of the molecule is CC1(C)CC(NC(=O)NCc2ccccc2)c2cc(C#N)ccc2O1. The molecule has 0 spiro atoms. The number of nitrogens with zero attached hydrogens (tertiary/aromatic N) is 1. The van der Waals surface area contributed by atoms with E-state index in [9.17, 15) is 4.79 Å². The van der Waals surface area contributed by atoms with Gasteiger partial charge in [-0.05, 0) is 37.6 Å². The van der Waals surface area contributed by atoms with Gasteiger partial charge in [0.25, 0.3) is 0 Å². The topological polar surface area (TPSA) is 74.2 Å². The van der Waals surface area contributed by atoms with Gasteiger partial charge < -0.3 is 15.4 Å². The second-order valence-electron chi connectivity index (χ2n) is 6.80. The molecule has 0 saturated heterocycles. The minimum Gasteiger partial charge on any atom is -0.487 e. The summed E-state index contributed by atoms with van der Waals surface area (Å²) in [5.74, 6) is 0.712. The fourth-order valence-corrected chi connectivity index (χ4v) is 3.04. The van der Waals surface area contributed by atoms with Crippen molar-refractivity contribution in [2.75, 3.05) is 0 Å². The maximum absolute atomic E-state index is 12.3. The van der Waals surface area contributed by atoms with Crippen molar-refractivity contribution in [1.29, 1.82) is 5.26 Å². The normalized spacial score (nSPS) is 17.6. The van der Waals surface area contributed by atoms with E-state index in [2.05, 4.69) is 16.7 Å². The molecule has 1 atom stereocenters. The molecule has 128 valence electrons. The Hall–Kier alpha value is -3.00. The number of hydrogen-bond donors (Lipinski definition) is 2. The van der Waals surface area contributed by atoms with Gasteiger partial charge in [-0.25, -0.2) is 4.79 Å². The van der Waals surface area contributed by atoms with Crippen molar-refractivity contribution in [2.45, 2.75) is 38.5 Å². The number of amides is 2. The lowest BCUT2D eigenvalue weighted by atomic mass is 9.89. The second-order valence-corrected chi connectivity index (χ2v) is 6.80. The number of urea groups is 1. The molecule has 3 rings (SSSR count). The van der Waals surface area contributed by atoms with Gasteiger partial charge in [-0.1, -0.05) is 30.3 Å². The quantitative estimate of drug-likeness (QED) is 0.899. The highest BCUT2D eigenvalue weighted by molar-refractivity contribution is 5.74. The third-order valence-electron chi connectivity index (χ3n) is 4.20. The molecule has 2 aromatic rings. The number of carbonyl (C=O) groups is 1. The smallest absolute Gasteiger partial charge is 0.315 e. The van der Waals surface area contributed by atoms with Gasteiger partial charge in [-0.15, -0.1) is 0 Å². The molecule has 1 unspecified atom stereocenters. The lowest BCUT2D eigenvalue weighted by Crippen LogP contribution is -2.44. The van der Waals surface area contributed by atoms with E-state index in [0.29, 0.717) is 24.3 Å². The van der Waals surface area contributed by atoms with Crippen molar-refractivity contribution in [1.82, 2.24) is 10.6 Å². The van der Waals surface area contributed by atoms with E-state index in [1.807, 2.05) is 44.2 Å². The Morgan fingerprint density at radius 2 is 2.04 bits per heavy atom. The molecule has 2 N–H and O–H groups in total.